The Balaban J connectivity index is 1.58. The number of rotatable bonds is 6. The molecule has 2 aromatic rings. The average molecular weight is 486 g/mol. The molecule has 10 heteroatoms. The second-order valence-electron chi connectivity index (χ2n) is 9.26. The fourth-order valence-corrected chi connectivity index (χ4v) is 7.63. The number of ether oxygens (including phenoxy) is 1. The van der Waals surface area contributed by atoms with Crippen LogP contribution in [0.1, 0.15) is 44.2 Å². The highest BCUT2D eigenvalue weighted by Crippen LogP contribution is 2.51. The van der Waals surface area contributed by atoms with E-state index in [2.05, 4.69) is 15.5 Å². The predicted octanol–water partition coefficient (Wildman–Crippen LogP) is 3.08. The molecule has 2 saturated carbocycles. The normalized spacial score (nSPS) is 20.2. The topological polar surface area (TPSA) is 114 Å². The van der Waals surface area contributed by atoms with Gasteiger partial charge in [0.05, 0.1) is 24.2 Å². The molecule has 34 heavy (non-hydrogen) atoms. The van der Waals surface area contributed by atoms with Gasteiger partial charge in [-0.1, -0.05) is 12.8 Å². The van der Waals surface area contributed by atoms with Gasteiger partial charge in [0.1, 0.15) is 10.6 Å². The maximum Gasteiger partial charge on any atom is 0.318 e. The van der Waals surface area contributed by atoms with Crippen LogP contribution in [0.25, 0.3) is 11.4 Å². The smallest absolute Gasteiger partial charge is 0.318 e. The van der Waals surface area contributed by atoms with Crippen LogP contribution in [0.5, 0.6) is 0 Å². The molecule has 1 aromatic heterocycles. The monoisotopic (exact) mass is 485 g/mol. The minimum Gasteiger partial charge on any atom is -0.378 e. The second kappa shape index (κ2) is 9.14. The van der Waals surface area contributed by atoms with Gasteiger partial charge in [-0.15, -0.1) is 0 Å². The Kier molecular flexibility index (Phi) is 6.20. The molecule has 5 rings (SSSR count). The molecule has 1 saturated heterocycles. The molecule has 1 aromatic carbocycles. The van der Waals surface area contributed by atoms with Crippen molar-refractivity contribution in [2.75, 3.05) is 43.6 Å². The number of hydrogen-bond donors (Lipinski definition) is 2. The van der Waals surface area contributed by atoms with E-state index in [4.69, 9.17) is 14.7 Å². The van der Waals surface area contributed by atoms with Gasteiger partial charge < -0.3 is 20.3 Å². The number of hydrogen-bond acceptors (Lipinski definition) is 7. The van der Waals surface area contributed by atoms with Crippen molar-refractivity contribution in [1.82, 2.24) is 15.3 Å². The molecular formula is C24H31N5O4S. The van der Waals surface area contributed by atoms with E-state index in [0.717, 1.165) is 37.1 Å². The number of anilines is 2. The first-order valence-electron chi connectivity index (χ1n) is 12.0. The molecule has 2 aliphatic carbocycles. The summed E-state index contributed by atoms with van der Waals surface area (Å²) in [5, 5.41) is 5.03. The van der Waals surface area contributed by atoms with E-state index < -0.39 is 14.6 Å². The summed E-state index contributed by atoms with van der Waals surface area (Å²) >= 11 is 0. The van der Waals surface area contributed by atoms with Crippen LogP contribution >= 0.6 is 0 Å². The van der Waals surface area contributed by atoms with Gasteiger partial charge in [-0.2, -0.15) is 0 Å². The Morgan fingerprint density at radius 2 is 1.76 bits per heavy atom. The van der Waals surface area contributed by atoms with Gasteiger partial charge in [-0.3, -0.25) is 0 Å². The van der Waals surface area contributed by atoms with Crippen molar-refractivity contribution in [2.24, 2.45) is 0 Å². The minimum absolute atomic E-state index is 0.245. The number of carbonyl (C=O) groups excluding carboxylic acids is 1. The lowest BCUT2D eigenvalue weighted by molar-refractivity contribution is 0.122. The third-order valence-electron chi connectivity index (χ3n) is 7.06. The van der Waals surface area contributed by atoms with E-state index >= 15 is 0 Å². The standard InChI is InChI=1S/C24H31N5O4S/c1-25-23(30)26-18-6-4-17(5-7-18)22-27-20(16-21(28-22)29-12-14-33-15-13-29)24(10-2-3-11-24)34(31,32)19-8-9-19/h4-7,16,19H,2-3,8-15H2,1H3,(H2,25,26,30). The van der Waals surface area contributed by atoms with Crippen LogP contribution in [0.3, 0.4) is 0 Å². The van der Waals surface area contributed by atoms with Crippen LogP contribution in [-0.2, 0) is 19.3 Å². The van der Waals surface area contributed by atoms with Gasteiger partial charge in [0.2, 0.25) is 0 Å². The fraction of sp³-hybridized carbons (Fsp3) is 0.542. The Bertz CT molecular complexity index is 1150. The Labute approximate surface area is 200 Å². The number of benzene rings is 1. The van der Waals surface area contributed by atoms with E-state index in [-0.39, 0.29) is 11.3 Å². The van der Waals surface area contributed by atoms with Gasteiger partial charge in [-0.05, 0) is 49.9 Å². The van der Waals surface area contributed by atoms with Gasteiger partial charge >= 0.3 is 6.03 Å². The molecular weight excluding hydrogens is 454 g/mol. The second-order valence-corrected chi connectivity index (χ2v) is 11.8. The summed E-state index contributed by atoms with van der Waals surface area (Å²) in [6, 6.07) is 8.90. The Hall–Kier alpha value is -2.72. The highest BCUT2D eigenvalue weighted by molar-refractivity contribution is 7.93. The van der Waals surface area contributed by atoms with Gasteiger partial charge in [0, 0.05) is 37.5 Å². The van der Waals surface area contributed by atoms with Crippen LogP contribution in [0.4, 0.5) is 16.3 Å². The zero-order chi connectivity index (χ0) is 23.8. The van der Waals surface area contributed by atoms with Crippen molar-refractivity contribution in [3.8, 4) is 11.4 Å². The van der Waals surface area contributed by atoms with Crippen LogP contribution in [-0.4, -0.2) is 63.0 Å². The molecule has 2 amide bonds. The summed E-state index contributed by atoms with van der Waals surface area (Å²) in [5.41, 5.74) is 2.04. The maximum atomic E-state index is 13.7. The lowest BCUT2D eigenvalue weighted by Gasteiger charge is -2.32. The fourth-order valence-electron chi connectivity index (χ4n) is 4.98. The highest BCUT2D eigenvalue weighted by Gasteiger charge is 2.55. The molecule has 2 heterocycles. The van der Waals surface area contributed by atoms with Crippen molar-refractivity contribution in [3.63, 3.8) is 0 Å². The number of carbonyl (C=O) groups is 1. The lowest BCUT2D eigenvalue weighted by Crippen LogP contribution is -2.39. The summed E-state index contributed by atoms with van der Waals surface area (Å²) in [6.45, 7) is 2.63. The Morgan fingerprint density at radius 1 is 1.09 bits per heavy atom. The first-order valence-corrected chi connectivity index (χ1v) is 13.5. The van der Waals surface area contributed by atoms with Crippen LogP contribution in [0.15, 0.2) is 30.3 Å². The van der Waals surface area contributed by atoms with E-state index in [9.17, 15) is 13.2 Å². The van der Waals surface area contributed by atoms with Crippen LogP contribution < -0.4 is 15.5 Å². The molecule has 0 radical (unpaired) electrons. The summed E-state index contributed by atoms with van der Waals surface area (Å²) in [5.74, 6) is 1.25. The van der Waals surface area contributed by atoms with Gasteiger partial charge in [-0.25, -0.2) is 23.2 Å². The molecule has 9 nitrogen and oxygen atoms in total. The molecule has 1 aliphatic heterocycles. The van der Waals surface area contributed by atoms with Crippen molar-refractivity contribution in [2.45, 2.75) is 48.5 Å². The highest BCUT2D eigenvalue weighted by atomic mass is 32.2. The van der Waals surface area contributed by atoms with Crippen LogP contribution in [0.2, 0.25) is 0 Å². The van der Waals surface area contributed by atoms with E-state index in [1.165, 1.54) is 0 Å². The third-order valence-corrected chi connectivity index (χ3v) is 10.1. The van der Waals surface area contributed by atoms with Crippen molar-refractivity contribution in [3.05, 3.63) is 36.0 Å². The van der Waals surface area contributed by atoms with E-state index in [0.29, 0.717) is 56.4 Å². The molecule has 3 fully saturated rings. The predicted molar refractivity (Wildman–Crippen MR) is 131 cm³/mol. The average Bonchev–Trinajstić information content (AvgIpc) is 3.61. The third kappa shape index (κ3) is 4.24. The largest absolute Gasteiger partial charge is 0.378 e. The van der Waals surface area contributed by atoms with Crippen LogP contribution in [0, 0.1) is 0 Å². The van der Waals surface area contributed by atoms with Gasteiger partial charge in [0.25, 0.3) is 0 Å². The zero-order valence-electron chi connectivity index (χ0n) is 19.4. The molecule has 2 N–H and O–H groups in total. The number of urea groups is 1. The van der Waals surface area contributed by atoms with E-state index in [1.807, 2.05) is 18.2 Å². The lowest BCUT2D eigenvalue weighted by atomic mass is 10.0. The summed E-state index contributed by atoms with van der Waals surface area (Å²) < 4.78 is 32.0. The Morgan fingerprint density at radius 3 is 2.38 bits per heavy atom. The number of morpholine rings is 1. The first kappa shape index (κ1) is 23.0. The number of nitrogens with zero attached hydrogens (tertiary/aromatic N) is 3. The van der Waals surface area contributed by atoms with Gasteiger partial charge in [0.15, 0.2) is 15.7 Å². The molecule has 0 spiro atoms. The number of aromatic nitrogens is 2. The number of nitrogens with one attached hydrogen (secondary N) is 2. The minimum atomic E-state index is -3.34. The van der Waals surface area contributed by atoms with Crippen molar-refractivity contribution < 1.29 is 17.9 Å². The summed E-state index contributed by atoms with van der Waals surface area (Å²) in [4.78, 5) is 23.5. The zero-order valence-corrected chi connectivity index (χ0v) is 20.2. The first-order chi connectivity index (χ1) is 16.4. The molecule has 3 aliphatic rings. The SMILES string of the molecule is CNC(=O)Nc1ccc(-c2nc(N3CCOCC3)cc(C3(S(=O)(=O)C4CC4)CCCC3)n2)cc1. The van der Waals surface area contributed by atoms with Crippen molar-refractivity contribution >= 4 is 27.4 Å². The number of sulfone groups is 1. The molecule has 0 bridgehead atoms. The molecule has 0 atom stereocenters. The summed E-state index contributed by atoms with van der Waals surface area (Å²) in [6.07, 6.45) is 4.49. The molecule has 0 unspecified atom stereocenters. The van der Waals surface area contributed by atoms with Crippen molar-refractivity contribution in [1.29, 1.82) is 0 Å². The summed E-state index contributed by atoms with van der Waals surface area (Å²) in [7, 11) is -1.78. The maximum absolute atomic E-state index is 13.7. The van der Waals surface area contributed by atoms with E-state index in [1.54, 1.807) is 19.2 Å². The number of amides is 2. The quantitative estimate of drug-likeness (QED) is 0.646. The molecule has 182 valence electrons.